The molecule has 0 fully saturated rings. The number of likely N-dealkylation sites (N-methyl/N-ethyl adjacent to an activating group) is 1. The van der Waals surface area contributed by atoms with Gasteiger partial charge in [0.2, 0.25) is 0 Å². The van der Waals surface area contributed by atoms with Crippen molar-refractivity contribution in [3.8, 4) is 5.75 Å². The van der Waals surface area contributed by atoms with Crippen LogP contribution in [0, 0.1) is 6.92 Å². The van der Waals surface area contributed by atoms with Crippen molar-refractivity contribution in [2.45, 2.75) is 13.5 Å². The Labute approximate surface area is 125 Å². The number of benzene rings is 1. The summed E-state index contributed by atoms with van der Waals surface area (Å²) in [5.41, 5.74) is 1.12. The van der Waals surface area contributed by atoms with Crippen molar-refractivity contribution >= 4 is 17.0 Å². The van der Waals surface area contributed by atoms with Crippen molar-refractivity contribution in [3.63, 3.8) is 0 Å². The van der Waals surface area contributed by atoms with Crippen LogP contribution in [-0.4, -0.2) is 32.1 Å². The van der Waals surface area contributed by atoms with Crippen LogP contribution in [0.25, 0.3) is 0 Å². The Morgan fingerprint density at radius 3 is 2.45 bits per heavy atom. The number of nitrogens with one attached hydrogen (secondary N) is 1. The van der Waals surface area contributed by atoms with E-state index in [2.05, 4.69) is 41.4 Å². The molecule has 1 aromatic carbocycles. The second-order valence-electron chi connectivity index (χ2n) is 5.04. The Bertz CT molecular complexity index is 520. The van der Waals surface area contributed by atoms with Gasteiger partial charge >= 0.3 is 0 Å². The average Bonchev–Trinajstić information content (AvgIpc) is 2.83. The van der Waals surface area contributed by atoms with Gasteiger partial charge < -0.3 is 15.0 Å². The smallest absolute Gasteiger partial charge is 0.119 e. The van der Waals surface area contributed by atoms with Gasteiger partial charge in [0, 0.05) is 28.5 Å². The highest BCUT2D eigenvalue weighted by atomic mass is 32.1. The van der Waals surface area contributed by atoms with Gasteiger partial charge in [-0.2, -0.15) is 0 Å². The van der Waals surface area contributed by atoms with Gasteiger partial charge in [0.1, 0.15) is 12.4 Å². The van der Waals surface area contributed by atoms with Crippen molar-refractivity contribution in [1.82, 2.24) is 4.90 Å². The highest BCUT2D eigenvalue weighted by molar-refractivity contribution is 7.11. The van der Waals surface area contributed by atoms with E-state index < -0.39 is 0 Å². The topological polar surface area (TPSA) is 24.5 Å². The Morgan fingerprint density at radius 1 is 1.10 bits per heavy atom. The van der Waals surface area contributed by atoms with E-state index in [0.717, 1.165) is 24.5 Å². The highest BCUT2D eigenvalue weighted by Crippen LogP contribution is 2.19. The van der Waals surface area contributed by atoms with Crippen LogP contribution in [0.5, 0.6) is 5.75 Å². The van der Waals surface area contributed by atoms with Gasteiger partial charge in [-0.25, -0.2) is 0 Å². The summed E-state index contributed by atoms with van der Waals surface area (Å²) in [6.07, 6.45) is 0. The average molecular weight is 290 g/mol. The third-order valence-corrected chi connectivity index (χ3v) is 3.92. The second-order valence-corrected chi connectivity index (χ2v) is 6.41. The summed E-state index contributed by atoms with van der Waals surface area (Å²) < 4.78 is 5.67. The molecule has 0 aliphatic carbocycles. The molecule has 0 saturated carbocycles. The van der Waals surface area contributed by atoms with Crippen LogP contribution in [0.3, 0.4) is 0 Å². The fourth-order valence-corrected chi connectivity index (χ4v) is 2.61. The molecule has 4 heteroatoms. The van der Waals surface area contributed by atoms with Crippen LogP contribution >= 0.6 is 11.3 Å². The van der Waals surface area contributed by atoms with Crippen molar-refractivity contribution < 1.29 is 4.74 Å². The predicted octanol–water partition coefficient (Wildman–Crippen LogP) is 3.61. The Hall–Kier alpha value is -1.52. The lowest BCUT2D eigenvalue weighted by Crippen LogP contribution is -2.19. The van der Waals surface area contributed by atoms with Gasteiger partial charge in [0.25, 0.3) is 0 Å². The molecule has 0 saturated heterocycles. The first-order valence-electron chi connectivity index (χ1n) is 6.80. The number of ether oxygens (including phenoxy) is 1. The van der Waals surface area contributed by atoms with Crippen LogP contribution in [0.1, 0.15) is 9.75 Å². The molecular weight excluding hydrogens is 268 g/mol. The molecule has 2 aromatic rings. The normalized spacial score (nSPS) is 10.8. The molecule has 0 amide bonds. The van der Waals surface area contributed by atoms with E-state index in [9.17, 15) is 0 Å². The Balaban J connectivity index is 1.79. The molecule has 0 spiro atoms. The van der Waals surface area contributed by atoms with E-state index in [1.807, 2.05) is 37.6 Å². The molecule has 0 aliphatic heterocycles. The molecule has 20 heavy (non-hydrogen) atoms. The number of rotatable bonds is 7. The molecule has 0 bridgehead atoms. The SMILES string of the molecule is Cc1ccc(CNc2ccc(OCCN(C)C)cc2)s1. The molecule has 3 nitrogen and oxygen atoms in total. The van der Waals surface area contributed by atoms with Crippen LogP contribution in [0.2, 0.25) is 0 Å². The van der Waals surface area contributed by atoms with E-state index in [0.29, 0.717) is 6.61 Å². The molecule has 0 atom stereocenters. The monoisotopic (exact) mass is 290 g/mol. The second kappa shape index (κ2) is 7.31. The van der Waals surface area contributed by atoms with Gasteiger partial charge in [-0.05, 0) is 57.4 Å². The van der Waals surface area contributed by atoms with Crippen molar-refractivity contribution in [2.75, 3.05) is 32.6 Å². The van der Waals surface area contributed by atoms with E-state index in [-0.39, 0.29) is 0 Å². The Morgan fingerprint density at radius 2 is 1.85 bits per heavy atom. The maximum atomic E-state index is 5.67. The standard InChI is InChI=1S/C16H22N2OS/c1-13-4-9-16(20-13)12-17-14-5-7-15(8-6-14)19-11-10-18(2)3/h4-9,17H,10-12H2,1-3H3. The maximum Gasteiger partial charge on any atom is 0.119 e. The zero-order chi connectivity index (χ0) is 14.4. The first kappa shape index (κ1) is 14.9. The van der Waals surface area contributed by atoms with Crippen LogP contribution in [0.15, 0.2) is 36.4 Å². The van der Waals surface area contributed by atoms with E-state index in [1.165, 1.54) is 9.75 Å². The summed E-state index contributed by atoms with van der Waals surface area (Å²) in [6.45, 7) is 4.65. The minimum Gasteiger partial charge on any atom is -0.492 e. The van der Waals surface area contributed by atoms with Gasteiger partial charge in [-0.3, -0.25) is 0 Å². The van der Waals surface area contributed by atoms with E-state index in [4.69, 9.17) is 4.74 Å². The summed E-state index contributed by atoms with van der Waals surface area (Å²) in [5, 5.41) is 3.42. The largest absolute Gasteiger partial charge is 0.492 e. The first-order valence-corrected chi connectivity index (χ1v) is 7.62. The summed E-state index contributed by atoms with van der Waals surface area (Å²) in [7, 11) is 4.09. The number of hydrogen-bond acceptors (Lipinski definition) is 4. The highest BCUT2D eigenvalue weighted by Gasteiger charge is 1.99. The maximum absolute atomic E-state index is 5.67. The number of anilines is 1. The molecule has 1 aromatic heterocycles. The Kier molecular flexibility index (Phi) is 5.44. The van der Waals surface area contributed by atoms with Gasteiger partial charge in [0.05, 0.1) is 0 Å². The predicted molar refractivity (Wildman–Crippen MR) is 86.9 cm³/mol. The molecule has 2 rings (SSSR count). The van der Waals surface area contributed by atoms with Crippen LogP contribution < -0.4 is 10.1 Å². The van der Waals surface area contributed by atoms with Crippen molar-refractivity contribution in [3.05, 3.63) is 46.2 Å². The lowest BCUT2D eigenvalue weighted by molar-refractivity contribution is 0.261. The minimum atomic E-state index is 0.717. The molecule has 108 valence electrons. The fourth-order valence-electron chi connectivity index (χ4n) is 1.78. The number of aryl methyl sites for hydroxylation is 1. The van der Waals surface area contributed by atoms with E-state index >= 15 is 0 Å². The minimum absolute atomic E-state index is 0.717. The van der Waals surface area contributed by atoms with Gasteiger partial charge in [-0.1, -0.05) is 0 Å². The fraction of sp³-hybridized carbons (Fsp3) is 0.375. The summed E-state index contributed by atoms with van der Waals surface area (Å²) in [5.74, 6) is 0.921. The third kappa shape index (κ3) is 4.87. The van der Waals surface area contributed by atoms with Gasteiger partial charge in [0.15, 0.2) is 0 Å². The molecule has 0 aliphatic rings. The lowest BCUT2D eigenvalue weighted by Gasteiger charge is -2.11. The molecule has 1 heterocycles. The lowest BCUT2D eigenvalue weighted by atomic mass is 10.3. The summed E-state index contributed by atoms with van der Waals surface area (Å²) in [6, 6.07) is 12.5. The van der Waals surface area contributed by atoms with E-state index in [1.54, 1.807) is 0 Å². The van der Waals surface area contributed by atoms with Crippen LogP contribution in [0.4, 0.5) is 5.69 Å². The molecule has 0 unspecified atom stereocenters. The first-order chi connectivity index (χ1) is 9.63. The third-order valence-electron chi connectivity index (χ3n) is 2.92. The summed E-state index contributed by atoms with van der Waals surface area (Å²) in [4.78, 5) is 4.82. The molecular formula is C16H22N2OS. The molecule has 0 radical (unpaired) electrons. The molecule has 1 N–H and O–H groups in total. The number of hydrogen-bond donors (Lipinski definition) is 1. The quantitative estimate of drug-likeness (QED) is 0.843. The zero-order valence-corrected chi connectivity index (χ0v) is 13.2. The number of thiophene rings is 1. The van der Waals surface area contributed by atoms with Crippen molar-refractivity contribution in [2.24, 2.45) is 0 Å². The number of nitrogens with zero attached hydrogens (tertiary/aromatic N) is 1. The van der Waals surface area contributed by atoms with Gasteiger partial charge in [-0.15, -0.1) is 11.3 Å². The summed E-state index contributed by atoms with van der Waals surface area (Å²) >= 11 is 1.83. The zero-order valence-electron chi connectivity index (χ0n) is 12.3. The van der Waals surface area contributed by atoms with Crippen molar-refractivity contribution in [1.29, 1.82) is 0 Å². The van der Waals surface area contributed by atoms with Crippen LogP contribution in [-0.2, 0) is 6.54 Å².